The van der Waals surface area contributed by atoms with Gasteiger partial charge in [-0.1, -0.05) is 13.3 Å². The third-order valence-electron chi connectivity index (χ3n) is 2.34. The van der Waals surface area contributed by atoms with Crippen molar-refractivity contribution in [1.82, 2.24) is 15.3 Å². The van der Waals surface area contributed by atoms with E-state index in [4.69, 9.17) is 5.11 Å². The molecule has 0 bridgehead atoms. The van der Waals surface area contributed by atoms with Gasteiger partial charge in [0, 0.05) is 6.20 Å². The van der Waals surface area contributed by atoms with Crippen LogP contribution in [-0.4, -0.2) is 33.0 Å². The number of carbonyl (C=O) groups is 2. The van der Waals surface area contributed by atoms with Crippen LogP contribution < -0.4 is 5.32 Å². The average Bonchev–Trinajstić information content (AvgIpc) is 2.28. The highest BCUT2D eigenvalue weighted by molar-refractivity contribution is 5.97. The minimum Gasteiger partial charge on any atom is -0.480 e. The van der Waals surface area contributed by atoms with Crippen LogP contribution in [0.5, 0.6) is 0 Å². The highest BCUT2D eigenvalue weighted by Crippen LogP contribution is 2.04. The first-order valence-electron chi connectivity index (χ1n) is 5.36. The van der Waals surface area contributed by atoms with Crippen molar-refractivity contribution < 1.29 is 14.7 Å². The normalized spacial score (nSPS) is 11.9. The molecule has 0 aliphatic rings. The molecular formula is C11H15N3O3. The van der Waals surface area contributed by atoms with E-state index in [0.29, 0.717) is 24.1 Å². The van der Waals surface area contributed by atoms with E-state index in [9.17, 15) is 9.59 Å². The van der Waals surface area contributed by atoms with E-state index in [2.05, 4.69) is 15.3 Å². The first kappa shape index (κ1) is 13.1. The fraction of sp³-hybridized carbons (Fsp3) is 0.455. The van der Waals surface area contributed by atoms with Gasteiger partial charge in [0.25, 0.3) is 5.91 Å². The van der Waals surface area contributed by atoms with Crippen molar-refractivity contribution in [3.63, 3.8) is 0 Å². The van der Waals surface area contributed by atoms with E-state index in [1.165, 1.54) is 12.5 Å². The van der Waals surface area contributed by atoms with Crippen molar-refractivity contribution in [1.29, 1.82) is 0 Å². The van der Waals surface area contributed by atoms with Crippen molar-refractivity contribution in [3.05, 3.63) is 23.8 Å². The number of carboxylic acids is 1. The zero-order chi connectivity index (χ0) is 12.8. The Labute approximate surface area is 99.1 Å². The van der Waals surface area contributed by atoms with Gasteiger partial charge in [0.05, 0.1) is 11.3 Å². The number of carboxylic acid groups (broad SMARTS) is 1. The van der Waals surface area contributed by atoms with E-state index in [1.54, 1.807) is 6.92 Å². The average molecular weight is 237 g/mol. The first-order chi connectivity index (χ1) is 8.06. The van der Waals surface area contributed by atoms with Crippen LogP contribution in [-0.2, 0) is 4.79 Å². The van der Waals surface area contributed by atoms with Gasteiger partial charge in [-0.2, -0.15) is 0 Å². The molecule has 1 aromatic rings. The smallest absolute Gasteiger partial charge is 0.326 e. The number of nitrogens with zero attached hydrogens (tertiary/aromatic N) is 2. The Kier molecular flexibility index (Phi) is 4.56. The summed E-state index contributed by atoms with van der Waals surface area (Å²) in [6.07, 6.45) is 3.80. The molecular weight excluding hydrogens is 222 g/mol. The lowest BCUT2D eigenvalue weighted by molar-refractivity contribution is -0.139. The first-order valence-corrected chi connectivity index (χ1v) is 5.36. The molecule has 0 aliphatic carbocycles. The SMILES string of the molecule is CCC[C@H](NC(=O)c1cncnc1C)C(=O)O. The van der Waals surface area contributed by atoms with Gasteiger partial charge in [-0.25, -0.2) is 14.8 Å². The summed E-state index contributed by atoms with van der Waals surface area (Å²) in [6.45, 7) is 3.53. The van der Waals surface area contributed by atoms with Crippen LogP contribution in [0.3, 0.4) is 0 Å². The molecule has 1 atom stereocenters. The third-order valence-corrected chi connectivity index (χ3v) is 2.34. The third kappa shape index (κ3) is 3.51. The van der Waals surface area contributed by atoms with Gasteiger partial charge in [0.2, 0.25) is 0 Å². The Morgan fingerprint density at radius 3 is 2.76 bits per heavy atom. The quantitative estimate of drug-likeness (QED) is 0.789. The highest BCUT2D eigenvalue weighted by Gasteiger charge is 2.20. The number of amides is 1. The highest BCUT2D eigenvalue weighted by atomic mass is 16.4. The van der Waals surface area contributed by atoms with Crippen molar-refractivity contribution in [3.8, 4) is 0 Å². The molecule has 1 aromatic heterocycles. The lowest BCUT2D eigenvalue weighted by atomic mass is 10.1. The zero-order valence-corrected chi connectivity index (χ0v) is 9.80. The molecule has 1 heterocycles. The lowest BCUT2D eigenvalue weighted by Crippen LogP contribution is -2.41. The molecule has 0 saturated heterocycles. The Morgan fingerprint density at radius 1 is 1.53 bits per heavy atom. The number of rotatable bonds is 5. The molecule has 0 spiro atoms. The standard InChI is InChI=1S/C11H15N3O3/c1-3-4-9(11(16)17)14-10(15)8-5-12-6-13-7(8)2/h5-6,9H,3-4H2,1-2H3,(H,14,15)(H,16,17)/t9-/m0/s1. The number of carbonyl (C=O) groups excluding carboxylic acids is 1. The largest absolute Gasteiger partial charge is 0.480 e. The fourth-order valence-corrected chi connectivity index (χ4v) is 1.40. The minimum atomic E-state index is -1.03. The maximum Gasteiger partial charge on any atom is 0.326 e. The molecule has 1 rings (SSSR count). The van der Waals surface area contributed by atoms with Crippen molar-refractivity contribution in [2.75, 3.05) is 0 Å². The molecule has 0 saturated carbocycles. The van der Waals surface area contributed by atoms with Crippen LogP contribution in [0.2, 0.25) is 0 Å². The predicted molar refractivity (Wildman–Crippen MR) is 60.6 cm³/mol. The van der Waals surface area contributed by atoms with Gasteiger partial charge in [-0.05, 0) is 13.3 Å². The summed E-state index contributed by atoms with van der Waals surface area (Å²) in [7, 11) is 0. The van der Waals surface area contributed by atoms with E-state index in [0.717, 1.165) is 0 Å². The van der Waals surface area contributed by atoms with Gasteiger partial charge in [0.15, 0.2) is 0 Å². The van der Waals surface area contributed by atoms with Gasteiger partial charge in [-0.3, -0.25) is 4.79 Å². The summed E-state index contributed by atoms with van der Waals surface area (Å²) in [5.74, 6) is -1.49. The molecule has 2 N–H and O–H groups in total. The van der Waals surface area contributed by atoms with Gasteiger partial charge in [-0.15, -0.1) is 0 Å². The molecule has 0 unspecified atom stereocenters. The van der Waals surface area contributed by atoms with Crippen molar-refractivity contribution >= 4 is 11.9 Å². The van der Waals surface area contributed by atoms with Crippen LogP contribution in [0, 0.1) is 6.92 Å². The zero-order valence-electron chi connectivity index (χ0n) is 9.80. The summed E-state index contributed by atoms with van der Waals surface area (Å²) in [5.41, 5.74) is 0.827. The number of nitrogens with one attached hydrogen (secondary N) is 1. The van der Waals surface area contributed by atoms with Gasteiger partial charge < -0.3 is 10.4 Å². The van der Waals surface area contributed by atoms with Crippen molar-refractivity contribution in [2.45, 2.75) is 32.7 Å². The monoisotopic (exact) mass is 237 g/mol. The molecule has 17 heavy (non-hydrogen) atoms. The van der Waals surface area contributed by atoms with Crippen LogP contribution in [0.1, 0.15) is 35.8 Å². The van der Waals surface area contributed by atoms with Gasteiger partial charge >= 0.3 is 5.97 Å². The van der Waals surface area contributed by atoms with Crippen LogP contribution >= 0.6 is 0 Å². The lowest BCUT2D eigenvalue weighted by Gasteiger charge is -2.13. The van der Waals surface area contributed by atoms with E-state index in [-0.39, 0.29) is 0 Å². The number of hydrogen-bond donors (Lipinski definition) is 2. The Balaban J connectivity index is 2.77. The van der Waals surface area contributed by atoms with Crippen LogP contribution in [0.4, 0.5) is 0 Å². The Hall–Kier alpha value is -1.98. The Bertz CT molecular complexity index is 420. The fourth-order valence-electron chi connectivity index (χ4n) is 1.40. The summed E-state index contributed by atoms with van der Waals surface area (Å²) in [6, 6.07) is -0.868. The number of aromatic nitrogens is 2. The second-order valence-electron chi connectivity index (χ2n) is 3.67. The van der Waals surface area contributed by atoms with E-state index < -0.39 is 17.9 Å². The summed E-state index contributed by atoms with van der Waals surface area (Å²) < 4.78 is 0. The number of aryl methyl sites for hydroxylation is 1. The van der Waals surface area contributed by atoms with Gasteiger partial charge in [0.1, 0.15) is 12.4 Å². The Morgan fingerprint density at radius 2 is 2.24 bits per heavy atom. The second kappa shape index (κ2) is 5.93. The molecule has 0 aromatic carbocycles. The van der Waals surface area contributed by atoms with Crippen molar-refractivity contribution in [2.24, 2.45) is 0 Å². The van der Waals surface area contributed by atoms with Crippen LogP contribution in [0.25, 0.3) is 0 Å². The molecule has 0 radical (unpaired) electrons. The van der Waals surface area contributed by atoms with Crippen LogP contribution in [0.15, 0.2) is 12.5 Å². The maximum atomic E-state index is 11.8. The van der Waals surface area contributed by atoms with E-state index in [1.807, 2.05) is 6.92 Å². The second-order valence-corrected chi connectivity index (χ2v) is 3.67. The summed E-state index contributed by atoms with van der Waals surface area (Å²) in [5, 5.41) is 11.4. The maximum absolute atomic E-state index is 11.8. The molecule has 92 valence electrons. The molecule has 1 amide bonds. The predicted octanol–water partition coefficient (Wildman–Crippen LogP) is 0.768. The summed E-state index contributed by atoms with van der Waals surface area (Å²) >= 11 is 0. The molecule has 6 nitrogen and oxygen atoms in total. The minimum absolute atomic E-state index is 0.301. The number of hydrogen-bond acceptors (Lipinski definition) is 4. The molecule has 0 aliphatic heterocycles. The van der Waals surface area contributed by atoms with E-state index >= 15 is 0 Å². The molecule has 0 fully saturated rings. The topological polar surface area (TPSA) is 92.2 Å². The number of aliphatic carboxylic acids is 1. The summed E-state index contributed by atoms with van der Waals surface area (Å²) in [4.78, 5) is 30.3. The molecule has 6 heteroatoms.